The van der Waals surface area contributed by atoms with E-state index in [2.05, 4.69) is 10.1 Å². The number of alkyl halides is 2. The first kappa shape index (κ1) is 18.6. The molecule has 1 heterocycles. The lowest BCUT2D eigenvalue weighted by Crippen LogP contribution is -2.14. The number of nitrogens with two attached hydrogens (primary N) is 1. The molecule has 0 spiro atoms. The lowest BCUT2D eigenvalue weighted by atomic mass is 10.0. The highest BCUT2D eigenvalue weighted by Gasteiger charge is 2.20. The number of nitrogens with zero attached hydrogens (tertiary/aromatic N) is 3. The molecule has 140 valence electrons. The zero-order valence-corrected chi connectivity index (χ0v) is 13.9. The average Bonchev–Trinajstić information content (AvgIpc) is 3.01. The van der Waals surface area contributed by atoms with Crippen molar-refractivity contribution in [3.05, 3.63) is 71.3 Å². The van der Waals surface area contributed by atoms with Gasteiger partial charge in [0.2, 0.25) is 0 Å². The summed E-state index contributed by atoms with van der Waals surface area (Å²) in [5, 5.41) is 3.64. The van der Waals surface area contributed by atoms with Crippen LogP contribution in [0.1, 0.15) is 17.7 Å². The fourth-order valence-electron chi connectivity index (χ4n) is 2.58. The fraction of sp³-hybridized carbons (Fsp3) is 0.111. The van der Waals surface area contributed by atoms with E-state index in [-0.39, 0.29) is 28.2 Å². The topological polar surface area (TPSA) is 56.2 Å². The maximum Gasteiger partial charge on any atom is 0.282 e. The van der Waals surface area contributed by atoms with Crippen LogP contribution in [0.25, 0.3) is 11.1 Å². The van der Waals surface area contributed by atoms with Gasteiger partial charge in [0.15, 0.2) is 11.6 Å². The Balaban J connectivity index is 2.13. The molecule has 0 aliphatic carbocycles. The third-order valence-corrected chi connectivity index (χ3v) is 3.79. The molecular weight excluding hydrogens is 367 g/mol. The molecule has 2 aromatic carbocycles. The molecule has 3 rings (SSSR count). The predicted octanol–water partition coefficient (Wildman–Crippen LogP) is 4.48. The van der Waals surface area contributed by atoms with Crippen LogP contribution < -0.4 is 5.73 Å². The minimum Gasteiger partial charge on any atom is -0.383 e. The quantitative estimate of drug-likeness (QED) is 0.314. The largest absolute Gasteiger partial charge is 0.383 e. The maximum atomic E-state index is 14.1. The maximum absolute atomic E-state index is 14.1. The van der Waals surface area contributed by atoms with Crippen LogP contribution in [0.3, 0.4) is 0 Å². The summed E-state index contributed by atoms with van der Waals surface area (Å²) in [6, 6.07) is 7.10. The van der Waals surface area contributed by atoms with Gasteiger partial charge >= 0.3 is 0 Å². The third-order valence-electron chi connectivity index (χ3n) is 3.79. The van der Waals surface area contributed by atoms with E-state index in [1.807, 2.05) is 0 Å². The molecule has 0 saturated heterocycles. The minimum atomic E-state index is -2.87. The fourth-order valence-corrected chi connectivity index (χ4v) is 2.58. The molecule has 27 heavy (non-hydrogen) atoms. The van der Waals surface area contributed by atoms with Crippen molar-refractivity contribution in [2.45, 2.75) is 6.43 Å². The monoisotopic (exact) mass is 380 g/mol. The van der Waals surface area contributed by atoms with Gasteiger partial charge in [-0.05, 0) is 12.1 Å². The molecule has 2 N–H and O–H groups in total. The Hall–Kier alpha value is -3.23. The van der Waals surface area contributed by atoms with Crippen LogP contribution in [0.4, 0.5) is 27.6 Å². The number of hydrogen-bond acceptors (Lipinski definition) is 2. The normalized spacial score (nSPS) is 12.0. The number of benzene rings is 2. The van der Waals surface area contributed by atoms with Gasteiger partial charge in [0.1, 0.15) is 17.3 Å². The van der Waals surface area contributed by atoms with E-state index in [9.17, 15) is 22.0 Å². The van der Waals surface area contributed by atoms with E-state index < -0.39 is 29.6 Å². The van der Waals surface area contributed by atoms with Crippen molar-refractivity contribution in [2.75, 3.05) is 0 Å². The molecule has 0 radical (unpaired) electrons. The van der Waals surface area contributed by atoms with Crippen LogP contribution >= 0.6 is 0 Å². The Morgan fingerprint density at radius 2 is 1.70 bits per heavy atom. The van der Waals surface area contributed by atoms with Crippen molar-refractivity contribution in [3.8, 4) is 11.1 Å². The first-order valence-electron chi connectivity index (χ1n) is 7.68. The molecule has 4 nitrogen and oxygen atoms in total. The molecule has 9 heteroatoms. The molecule has 0 bridgehead atoms. The van der Waals surface area contributed by atoms with Crippen molar-refractivity contribution in [1.82, 2.24) is 9.78 Å². The van der Waals surface area contributed by atoms with Crippen molar-refractivity contribution < 1.29 is 22.0 Å². The van der Waals surface area contributed by atoms with Gasteiger partial charge in [0.05, 0.1) is 11.3 Å². The van der Waals surface area contributed by atoms with Crippen LogP contribution in [-0.2, 0) is 7.05 Å². The van der Waals surface area contributed by atoms with Crippen molar-refractivity contribution >= 4 is 11.5 Å². The van der Waals surface area contributed by atoms with E-state index in [0.717, 1.165) is 0 Å². The summed E-state index contributed by atoms with van der Waals surface area (Å²) in [7, 11) is 1.45. The van der Waals surface area contributed by atoms with E-state index in [4.69, 9.17) is 5.73 Å². The summed E-state index contributed by atoms with van der Waals surface area (Å²) in [6.07, 6.45) is -1.59. The Morgan fingerprint density at radius 1 is 1.04 bits per heavy atom. The Morgan fingerprint density at radius 3 is 2.41 bits per heavy atom. The summed E-state index contributed by atoms with van der Waals surface area (Å²) >= 11 is 0. The van der Waals surface area contributed by atoms with E-state index >= 15 is 0 Å². The Kier molecular flexibility index (Phi) is 4.93. The molecule has 0 amide bonds. The zero-order chi connectivity index (χ0) is 19.7. The van der Waals surface area contributed by atoms with Crippen molar-refractivity contribution in [1.29, 1.82) is 0 Å². The van der Waals surface area contributed by atoms with Crippen LogP contribution in [0, 0.1) is 17.5 Å². The minimum absolute atomic E-state index is 0.0759. The van der Waals surface area contributed by atoms with E-state index in [0.29, 0.717) is 12.1 Å². The second-order valence-electron chi connectivity index (χ2n) is 5.66. The lowest BCUT2D eigenvalue weighted by Gasteiger charge is -2.09. The highest BCUT2D eigenvalue weighted by Crippen LogP contribution is 2.33. The van der Waals surface area contributed by atoms with Crippen molar-refractivity contribution in [2.24, 2.45) is 17.8 Å². The summed E-state index contributed by atoms with van der Waals surface area (Å²) < 4.78 is 68.2. The number of hydrogen-bond donors (Lipinski definition) is 1. The van der Waals surface area contributed by atoms with Crippen LogP contribution in [0.15, 0.2) is 47.6 Å². The zero-order valence-electron chi connectivity index (χ0n) is 13.9. The third kappa shape index (κ3) is 3.67. The summed E-state index contributed by atoms with van der Waals surface area (Å²) in [4.78, 5) is 4.08. The molecule has 0 aliphatic rings. The average molecular weight is 380 g/mol. The van der Waals surface area contributed by atoms with Gasteiger partial charge in [0.25, 0.3) is 6.43 Å². The summed E-state index contributed by atoms with van der Waals surface area (Å²) in [5.74, 6) is -3.82. The second kappa shape index (κ2) is 7.18. The highest BCUT2D eigenvalue weighted by atomic mass is 19.3. The Bertz CT molecular complexity index is 1030. The van der Waals surface area contributed by atoms with E-state index in [1.54, 1.807) is 12.1 Å². The van der Waals surface area contributed by atoms with Crippen LogP contribution in [0.2, 0.25) is 0 Å². The molecule has 0 unspecified atom stereocenters. The Labute approximate surface area is 150 Å². The summed E-state index contributed by atoms with van der Waals surface area (Å²) in [5.41, 5.74) is 5.22. The number of aryl methyl sites for hydroxylation is 1. The lowest BCUT2D eigenvalue weighted by molar-refractivity contribution is 0.145. The van der Waals surface area contributed by atoms with Gasteiger partial charge in [0, 0.05) is 30.4 Å². The number of amidine groups is 1. The molecule has 1 aromatic heterocycles. The van der Waals surface area contributed by atoms with E-state index in [1.165, 1.54) is 30.1 Å². The molecule has 3 aromatic rings. The standard InChI is InChI=1S/C18H13F5N4/c1-27-8-11(16(26-27)17(22)23)18(24)25-15-5-3-2-4-9(15)10-6-13(20)14(21)7-12(10)19/h2-8,17H,1H3,(H2,24,25). The molecule has 0 atom stereocenters. The first-order chi connectivity index (χ1) is 12.8. The predicted molar refractivity (Wildman–Crippen MR) is 90.3 cm³/mol. The first-order valence-corrected chi connectivity index (χ1v) is 7.68. The molecular formula is C18H13F5N4. The van der Waals surface area contributed by atoms with Gasteiger partial charge in [-0.2, -0.15) is 5.10 Å². The van der Waals surface area contributed by atoms with Gasteiger partial charge in [-0.15, -0.1) is 0 Å². The van der Waals surface area contributed by atoms with Crippen LogP contribution in [-0.4, -0.2) is 15.6 Å². The number of halogens is 5. The smallest absolute Gasteiger partial charge is 0.282 e. The molecule has 0 aliphatic heterocycles. The summed E-state index contributed by atoms with van der Waals surface area (Å²) in [6.45, 7) is 0. The van der Waals surface area contributed by atoms with Gasteiger partial charge < -0.3 is 5.73 Å². The van der Waals surface area contributed by atoms with Gasteiger partial charge in [-0.1, -0.05) is 18.2 Å². The SMILES string of the molecule is Cn1cc(C(N)=Nc2ccccc2-c2cc(F)c(F)cc2F)c(C(F)F)n1. The number of aliphatic imine (C=N–C) groups is 1. The van der Waals surface area contributed by atoms with Gasteiger partial charge in [-0.3, -0.25) is 4.68 Å². The number of rotatable bonds is 4. The van der Waals surface area contributed by atoms with Crippen molar-refractivity contribution in [3.63, 3.8) is 0 Å². The molecule has 0 saturated carbocycles. The molecule has 0 fully saturated rings. The second-order valence-corrected chi connectivity index (χ2v) is 5.66. The highest BCUT2D eigenvalue weighted by molar-refractivity contribution is 6.01. The number of para-hydroxylation sites is 1. The number of aromatic nitrogens is 2. The van der Waals surface area contributed by atoms with Crippen LogP contribution in [0.5, 0.6) is 0 Å². The van der Waals surface area contributed by atoms with Gasteiger partial charge in [-0.25, -0.2) is 26.9 Å².